The molecule has 0 radical (unpaired) electrons. The zero-order valence-corrected chi connectivity index (χ0v) is 15.6. The van der Waals surface area contributed by atoms with Crippen LogP contribution in [0.3, 0.4) is 0 Å². The van der Waals surface area contributed by atoms with Crippen LogP contribution in [0.4, 0.5) is 0 Å². The second kappa shape index (κ2) is 12.6. The van der Waals surface area contributed by atoms with Gasteiger partial charge in [0, 0.05) is 13.2 Å². The Morgan fingerprint density at radius 3 is 1.33 bits per heavy atom. The Morgan fingerprint density at radius 1 is 0.625 bits per heavy atom. The van der Waals surface area contributed by atoms with Crippen molar-refractivity contribution in [2.24, 2.45) is 11.8 Å². The SMILES string of the molecule is CC(C)CCOCCC(C)C.c1ccc(Oc2ccccc2)cc1. The molecule has 2 heteroatoms. The van der Waals surface area contributed by atoms with Crippen LogP contribution in [0.2, 0.25) is 0 Å². The maximum atomic E-state index is 5.58. The Bertz CT molecular complexity index is 459. The Kier molecular flexibility index (Phi) is 10.6. The summed E-state index contributed by atoms with van der Waals surface area (Å²) in [5.41, 5.74) is 0. The zero-order valence-electron chi connectivity index (χ0n) is 15.6. The maximum absolute atomic E-state index is 5.58. The number of benzene rings is 2. The van der Waals surface area contributed by atoms with Crippen molar-refractivity contribution >= 4 is 0 Å². The van der Waals surface area contributed by atoms with E-state index in [1.807, 2.05) is 60.7 Å². The van der Waals surface area contributed by atoms with Gasteiger partial charge in [-0.2, -0.15) is 0 Å². The lowest BCUT2D eigenvalue weighted by molar-refractivity contribution is 0.114. The lowest BCUT2D eigenvalue weighted by Gasteiger charge is -2.07. The number of hydrogen-bond acceptors (Lipinski definition) is 2. The highest BCUT2D eigenvalue weighted by Gasteiger charge is 1.95. The molecule has 2 aromatic rings. The monoisotopic (exact) mass is 328 g/mol. The first kappa shape index (κ1) is 20.2. The van der Waals surface area contributed by atoms with Crippen LogP contribution < -0.4 is 4.74 Å². The Hall–Kier alpha value is -1.80. The number of rotatable bonds is 8. The van der Waals surface area contributed by atoms with Crippen molar-refractivity contribution in [3.05, 3.63) is 60.7 Å². The van der Waals surface area contributed by atoms with Crippen molar-refractivity contribution in [1.82, 2.24) is 0 Å². The van der Waals surface area contributed by atoms with E-state index in [1.54, 1.807) is 0 Å². The molecule has 0 saturated carbocycles. The van der Waals surface area contributed by atoms with Crippen molar-refractivity contribution in [3.63, 3.8) is 0 Å². The molecule has 0 aliphatic rings. The summed E-state index contributed by atoms with van der Waals surface area (Å²) in [7, 11) is 0. The van der Waals surface area contributed by atoms with E-state index in [1.165, 1.54) is 12.8 Å². The highest BCUT2D eigenvalue weighted by Crippen LogP contribution is 2.19. The second-order valence-electron chi connectivity index (χ2n) is 6.71. The summed E-state index contributed by atoms with van der Waals surface area (Å²) in [6.45, 7) is 10.8. The number of ether oxygens (including phenoxy) is 2. The highest BCUT2D eigenvalue weighted by atomic mass is 16.5. The van der Waals surface area contributed by atoms with Gasteiger partial charge in [0.15, 0.2) is 0 Å². The first-order valence-electron chi connectivity index (χ1n) is 8.93. The molecular formula is C22H32O2. The average Bonchev–Trinajstić information content (AvgIpc) is 2.56. The van der Waals surface area contributed by atoms with Crippen LogP contribution in [0.5, 0.6) is 11.5 Å². The Balaban J connectivity index is 0.000000245. The number of para-hydroxylation sites is 2. The van der Waals surface area contributed by atoms with Gasteiger partial charge in [-0.15, -0.1) is 0 Å². The summed E-state index contributed by atoms with van der Waals surface area (Å²) in [5, 5.41) is 0. The smallest absolute Gasteiger partial charge is 0.127 e. The van der Waals surface area contributed by atoms with Crippen LogP contribution in [0.15, 0.2) is 60.7 Å². The molecule has 0 spiro atoms. The molecular weight excluding hydrogens is 296 g/mol. The normalized spacial score (nSPS) is 10.4. The fraction of sp³-hybridized carbons (Fsp3) is 0.455. The molecule has 0 fully saturated rings. The second-order valence-corrected chi connectivity index (χ2v) is 6.71. The summed E-state index contributed by atoms with van der Waals surface area (Å²) in [5.74, 6) is 3.28. The molecule has 0 saturated heterocycles. The van der Waals surface area contributed by atoms with Crippen LogP contribution in [-0.4, -0.2) is 13.2 Å². The fourth-order valence-corrected chi connectivity index (χ4v) is 1.85. The molecule has 2 nitrogen and oxygen atoms in total. The number of hydrogen-bond donors (Lipinski definition) is 0. The minimum Gasteiger partial charge on any atom is -0.457 e. The lowest BCUT2D eigenvalue weighted by atomic mass is 10.1. The van der Waals surface area contributed by atoms with Gasteiger partial charge in [0.25, 0.3) is 0 Å². The minimum atomic E-state index is 0.772. The van der Waals surface area contributed by atoms with Crippen molar-refractivity contribution in [1.29, 1.82) is 0 Å². The van der Waals surface area contributed by atoms with Gasteiger partial charge in [0.05, 0.1) is 0 Å². The summed E-state index contributed by atoms with van der Waals surface area (Å²) >= 11 is 0. The van der Waals surface area contributed by atoms with E-state index in [0.29, 0.717) is 0 Å². The third-order valence-corrected chi connectivity index (χ3v) is 3.40. The third-order valence-electron chi connectivity index (χ3n) is 3.40. The predicted octanol–water partition coefficient (Wildman–Crippen LogP) is 6.57. The van der Waals surface area contributed by atoms with Crippen LogP contribution in [-0.2, 0) is 4.74 Å². The van der Waals surface area contributed by atoms with Gasteiger partial charge < -0.3 is 9.47 Å². The van der Waals surface area contributed by atoms with E-state index < -0.39 is 0 Å². The van der Waals surface area contributed by atoms with Crippen LogP contribution in [0, 0.1) is 11.8 Å². The third kappa shape index (κ3) is 10.8. The quantitative estimate of drug-likeness (QED) is 0.510. The minimum absolute atomic E-state index is 0.772. The Labute approximate surface area is 147 Å². The summed E-state index contributed by atoms with van der Waals surface area (Å²) in [6.07, 6.45) is 2.39. The molecule has 2 aromatic carbocycles. The van der Waals surface area contributed by atoms with Gasteiger partial charge in [0.1, 0.15) is 11.5 Å². The van der Waals surface area contributed by atoms with E-state index in [-0.39, 0.29) is 0 Å². The molecule has 0 heterocycles. The maximum Gasteiger partial charge on any atom is 0.127 e. The molecule has 0 amide bonds. The van der Waals surface area contributed by atoms with Gasteiger partial charge in [-0.05, 0) is 48.9 Å². The van der Waals surface area contributed by atoms with Gasteiger partial charge in [-0.25, -0.2) is 0 Å². The summed E-state index contributed by atoms with van der Waals surface area (Å²) < 4.78 is 11.0. The van der Waals surface area contributed by atoms with Crippen LogP contribution in [0.25, 0.3) is 0 Å². The molecule has 2 rings (SSSR count). The van der Waals surface area contributed by atoms with E-state index in [9.17, 15) is 0 Å². The van der Waals surface area contributed by atoms with E-state index >= 15 is 0 Å². The molecule has 0 N–H and O–H groups in total. The summed E-state index contributed by atoms with van der Waals surface area (Å²) in [6, 6.07) is 19.5. The van der Waals surface area contributed by atoms with Crippen molar-refractivity contribution < 1.29 is 9.47 Å². The molecule has 0 aromatic heterocycles. The molecule has 0 aliphatic carbocycles. The van der Waals surface area contributed by atoms with Crippen molar-refractivity contribution in [2.45, 2.75) is 40.5 Å². The molecule has 0 aliphatic heterocycles. The first-order valence-corrected chi connectivity index (χ1v) is 8.93. The summed E-state index contributed by atoms with van der Waals surface area (Å²) in [4.78, 5) is 0. The first-order chi connectivity index (χ1) is 11.6. The molecule has 24 heavy (non-hydrogen) atoms. The topological polar surface area (TPSA) is 18.5 Å². The Morgan fingerprint density at radius 2 is 1.00 bits per heavy atom. The van der Waals surface area contributed by atoms with Gasteiger partial charge in [-0.1, -0.05) is 64.1 Å². The molecule has 0 atom stereocenters. The van der Waals surface area contributed by atoms with Crippen LogP contribution >= 0.6 is 0 Å². The van der Waals surface area contributed by atoms with Crippen molar-refractivity contribution in [3.8, 4) is 11.5 Å². The lowest BCUT2D eigenvalue weighted by Crippen LogP contribution is -2.02. The standard InChI is InChI=1S/C12H10O.C10H22O/c1-3-7-11(8-4-1)13-12-9-5-2-6-10-12;1-9(2)5-7-11-8-6-10(3)4/h1-10H;9-10H,5-8H2,1-4H3. The molecule has 0 bridgehead atoms. The van der Waals surface area contributed by atoms with Gasteiger partial charge in [0.2, 0.25) is 0 Å². The highest BCUT2D eigenvalue weighted by molar-refractivity contribution is 5.30. The molecule has 0 unspecified atom stereocenters. The van der Waals surface area contributed by atoms with Crippen LogP contribution in [0.1, 0.15) is 40.5 Å². The largest absolute Gasteiger partial charge is 0.457 e. The van der Waals surface area contributed by atoms with E-state index in [2.05, 4.69) is 27.7 Å². The van der Waals surface area contributed by atoms with Gasteiger partial charge >= 0.3 is 0 Å². The van der Waals surface area contributed by atoms with E-state index in [0.717, 1.165) is 36.5 Å². The predicted molar refractivity (Wildman–Crippen MR) is 103 cm³/mol. The average molecular weight is 328 g/mol. The van der Waals surface area contributed by atoms with E-state index in [4.69, 9.17) is 9.47 Å². The van der Waals surface area contributed by atoms with Crippen molar-refractivity contribution in [2.75, 3.05) is 13.2 Å². The fourth-order valence-electron chi connectivity index (χ4n) is 1.85. The molecule has 132 valence electrons. The zero-order chi connectivity index (χ0) is 17.6. The van der Waals surface area contributed by atoms with Gasteiger partial charge in [-0.3, -0.25) is 0 Å².